The number of fused-ring (bicyclic) bond motifs is 6. The smallest absolute Gasteiger partial charge is 0.0465 e. The van der Waals surface area contributed by atoms with Crippen LogP contribution in [-0.2, 0) is 10.8 Å². The highest BCUT2D eigenvalue weighted by atomic mass is 15.1. The first-order valence-electron chi connectivity index (χ1n) is 23.6. The van der Waals surface area contributed by atoms with Gasteiger partial charge in [0.25, 0.3) is 0 Å². The summed E-state index contributed by atoms with van der Waals surface area (Å²) in [4.78, 5) is 2.42. The van der Waals surface area contributed by atoms with E-state index in [2.05, 4.69) is 269 Å². The minimum atomic E-state index is -0.201. The standard InChI is InChI=1S/C66H51N/c1-65(2)61-18-12-11-17-57(61)58-38-31-53(41-62(58)65)51-29-35-55(36-30-51)67(54-33-27-49(28-34-54)48-21-19-46(20-22-48)44-13-7-5-8-14-44)56-37-40-60-59-39-32-52(42-63(59)66(3,4)64(60)43-56)50-25-23-47(24-26-50)45-15-9-6-10-16-45/h5-43H,1-4H3. The molecule has 0 radical (unpaired) electrons. The number of rotatable bonds is 8. The van der Waals surface area contributed by atoms with E-state index in [1.807, 2.05) is 0 Å². The van der Waals surface area contributed by atoms with E-state index in [0.717, 1.165) is 17.1 Å². The van der Waals surface area contributed by atoms with Gasteiger partial charge in [-0.2, -0.15) is 0 Å². The van der Waals surface area contributed by atoms with Gasteiger partial charge in [-0.3, -0.25) is 0 Å². The van der Waals surface area contributed by atoms with Crippen molar-refractivity contribution in [3.8, 4) is 77.9 Å². The summed E-state index contributed by atoms with van der Waals surface area (Å²) in [5.74, 6) is 0. The molecule has 0 unspecified atom stereocenters. The van der Waals surface area contributed by atoms with E-state index in [9.17, 15) is 0 Å². The van der Waals surface area contributed by atoms with Gasteiger partial charge in [0.1, 0.15) is 0 Å². The molecular formula is C66H51N. The van der Waals surface area contributed by atoms with Gasteiger partial charge in [-0.1, -0.05) is 216 Å². The number of anilines is 3. The molecule has 1 heteroatoms. The molecule has 320 valence electrons. The Hall–Kier alpha value is -8.00. The van der Waals surface area contributed by atoms with Crippen LogP contribution >= 0.6 is 0 Å². The molecule has 10 aromatic rings. The Morgan fingerprint density at radius 2 is 0.507 bits per heavy atom. The first kappa shape index (κ1) is 40.5. The largest absolute Gasteiger partial charge is 0.310 e. The maximum Gasteiger partial charge on any atom is 0.0465 e. The normalized spacial score (nSPS) is 13.6. The molecule has 67 heavy (non-hydrogen) atoms. The van der Waals surface area contributed by atoms with Crippen LogP contribution in [0.25, 0.3) is 77.9 Å². The van der Waals surface area contributed by atoms with Crippen LogP contribution in [0.3, 0.4) is 0 Å². The fourth-order valence-corrected chi connectivity index (χ4v) is 11.0. The number of benzene rings is 10. The molecule has 0 fully saturated rings. The molecule has 10 aromatic carbocycles. The fraction of sp³-hybridized carbons (Fsp3) is 0.0909. The minimum absolute atomic E-state index is 0.0501. The zero-order valence-electron chi connectivity index (χ0n) is 38.5. The van der Waals surface area contributed by atoms with E-state index in [1.165, 1.54) is 100 Å². The number of nitrogens with zero attached hydrogens (tertiary/aromatic N) is 1. The van der Waals surface area contributed by atoms with Gasteiger partial charge in [-0.15, -0.1) is 0 Å². The molecule has 2 aliphatic carbocycles. The molecule has 0 saturated carbocycles. The van der Waals surface area contributed by atoms with Crippen LogP contribution in [0.4, 0.5) is 17.1 Å². The summed E-state index contributed by atoms with van der Waals surface area (Å²) < 4.78 is 0. The van der Waals surface area contributed by atoms with Crippen molar-refractivity contribution in [3.63, 3.8) is 0 Å². The van der Waals surface area contributed by atoms with E-state index in [4.69, 9.17) is 0 Å². The minimum Gasteiger partial charge on any atom is -0.310 e. The lowest BCUT2D eigenvalue weighted by atomic mass is 9.81. The second-order valence-electron chi connectivity index (χ2n) is 19.4. The highest BCUT2D eigenvalue weighted by molar-refractivity contribution is 5.89. The van der Waals surface area contributed by atoms with Crippen LogP contribution in [0.2, 0.25) is 0 Å². The van der Waals surface area contributed by atoms with Crippen molar-refractivity contribution in [1.29, 1.82) is 0 Å². The Bertz CT molecular complexity index is 3450. The van der Waals surface area contributed by atoms with Crippen molar-refractivity contribution in [2.24, 2.45) is 0 Å². The van der Waals surface area contributed by atoms with E-state index in [1.54, 1.807) is 0 Å². The molecule has 12 rings (SSSR count). The maximum absolute atomic E-state index is 2.44. The summed E-state index contributed by atoms with van der Waals surface area (Å²) in [5.41, 5.74) is 26.2. The Kier molecular flexibility index (Phi) is 9.59. The lowest BCUT2D eigenvalue weighted by Gasteiger charge is -2.28. The molecular weight excluding hydrogens is 807 g/mol. The monoisotopic (exact) mass is 857 g/mol. The van der Waals surface area contributed by atoms with Crippen molar-refractivity contribution >= 4 is 17.1 Å². The second kappa shape index (κ2) is 15.9. The molecule has 0 saturated heterocycles. The zero-order valence-corrected chi connectivity index (χ0v) is 38.5. The van der Waals surface area contributed by atoms with Gasteiger partial charge >= 0.3 is 0 Å². The first-order valence-corrected chi connectivity index (χ1v) is 23.6. The van der Waals surface area contributed by atoms with Gasteiger partial charge in [0.15, 0.2) is 0 Å². The fourth-order valence-electron chi connectivity index (χ4n) is 11.0. The Morgan fingerprint density at radius 1 is 0.224 bits per heavy atom. The molecule has 0 aliphatic heterocycles. The van der Waals surface area contributed by atoms with Crippen LogP contribution in [0.5, 0.6) is 0 Å². The molecule has 1 nitrogen and oxygen atoms in total. The first-order chi connectivity index (χ1) is 32.7. The van der Waals surface area contributed by atoms with Crippen LogP contribution in [-0.4, -0.2) is 0 Å². The second-order valence-corrected chi connectivity index (χ2v) is 19.4. The summed E-state index contributed by atoms with van der Waals surface area (Å²) in [5, 5.41) is 0. The molecule has 0 atom stereocenters. The van der Waals surface area contributed by atoms with Gasteiger partial charge < -0.3 is 4.90 Å². The molecule has 0 spiro atoms. The Morgan fingerprint density at radius 3 is 0.955 bits per heavy atom. The van der Waals surface area contributed by atoms with E-state index < -0.39 is 0 Å². The Labute approximate surface area is 395 Å². The van der Waals surface area contributed by atoms with Crippen molar-refractivity contribution < 1.29 is 0 Å². The summed E-state index contributed by atoms with van der Waals surface area (Å²) in [6.07, 6.45) is 0. The summed E-state index contributed by atoms with van der Waals surface area (Å²) >= 11 is 0. The van der Waals surface area contributed by atoms with E-state index in [-0.39, 0.29) is 10.8 Å². The predicted molar refractivity (Wildman–Crippen MR) is 283 cm³/mol. The molecule has 0 bridgehead atoms. The third-order valence-corrected chi connectivity index (χ3v) is 14.7. The van der Waals surface area contributed by atoms with Gasteiger partial charge in [0.2, 0.25) is 0 Å². The van der Waals surface area contributed by atoms with E-state index in [0.29, 0.717) is 0 Å². The van der Waals surface area contributed by atoms with Crippen LogP contribution < -0.4 is 4.90 Å². The van der Waals surface area contributed by atoms with Crippen molar-refractivity contribution in [1.82, 2.24) is 0 Å². The molecule has 0 heterocycles. The van der Waals surface area contributed by atoms with Crippen molar-refractivity contribution in [2.45, 2.75) is 38.5 Å². The summed E-state index contributed by atoms with van der Waals surface area (Å²) in [7, 11) is 0. The number of hydrogen-bond donors (Lipinski definition) is 0. The quantitative estimate of drug-likeness (QED) is 0.147. The average Bonchev–Trinajstić information content (AvgIpc) is 3.76. The van der Waals surface area contributed by atoms with Gasteiger partial charge in [0.05, 0.1) is 0 Å². The average molecular weight is 858 g/mol. The van der Waals surface area contributed by atoms with E-state index >= 15 is 0 Å². The zero-order chi connectivity index (χ0) is 45.3. The highest BCUT2D eigenvalue weighted by Crippen LogP contribution is 2.53. The van der Waals surface area contributed by atoms with Crippen molar-refractivity contribution in [2.75, 3.05) is 4.90 Å². The third kappa shape index (κ3) is 6.93. The Balaban J connectivity index is 0.898. The van der Waals surface area contributed by atoms with Crippen LogP contribution in [0.15, 0.2) is 237 Å². The topological polar surface area (TPSA) is 3.24 Å². The van der Waals surface area contributed by atoms with Crippen molar-refractivity contribution in [3.05, 3.63) is 259 Å². The molecule has 0 amide bonds. The maximum atomic E-state index is 2.44. The predicted octanol–water partition coefficient (Wildman–Crippen LogP) is 18.1. The molecule has 2 aliphatic rings. The molecule has 0 N–H and O–H groups in total. The van der Waals surface area contributed by atoms with Crippen LogP contribution in [0, 0.1) is 0 Å². The summed E-state index contributed by atoms with van der Waals surface area (Å²) in [6, 6.07) is 87.4. The molecule has 0 aromatic heterocycles. The lowest BCUT2D eigenvalue weighted by Crippen LogP contribution is -2.16. The highest BCUT2D eigenvalue weighted by Gasteiger charge is 2.37. The van der Waals surface area contributed by atoms with Gasteiger partial charge in [-0.05, 0) is 149 Å². The SMILES string of the molecule is CC1(C)c2ccccc2-c2ccc(-c3ccc(N(c4ccc(-c5ccc(-c6ccccc6)cc5)cc4)c4ccc5c(c4)C(C)(C)c4cc(-c6ccc(-c7ccccc7)cc6)ccc4-5)cc3)cc21. The number of hydrogen-bond acceptors (Lipinski definition) is 1. The van der Waals surface area contributed by atoms with Gasteiger partial charge in [0, 0.05) is 27.9 Å². The third-order valence-electron chi connectivity index (χ3n) is 14.7. The summed E-state index contributed by atoms with van der Waals surface area (Å²) in [6.45, 7) is 9.48. The lowest BCUT2D eigenvalue weighted by molar-refractivity contribution is 0.660. The van der Waals surface area contributed by atoms with Gasteiger partial charge in [-0.25, -0.2) is 0 Å². The van der Waals surface area contributed by atoms with Crippen LogP contribution in [0.1, 0.15) is 49.9 Å².